The van der Waals surface area contributed by atoms with E-state index in [-0.39, 0.29) is 17.2 Å². The van der Waals surface area contributed by atoms with Crippen molar-refractivity contribution in [2.75, 3.05) is 25.5 Å². The lowest BCUT2D eigenvalue weighted by Crippen LogP contribution is -2.24. The molecule has 1 amide bonds. The normalized spacial score (nSPS) is 17.5. The highest BCUT2D eigenvalue weighted by atomic mass is 16.6. The molecule has 0 saturated carbocycles. The van der Waals surface area contributed by atoms with Gasteiger partial charge in [-0.15, -0.1) is 0 Å². The molecule has 2 rings (SSSR count). The fourth-order valence-electron chi connectivity index (χ4n) is 2.50. The Morgan fingerprint density at radius 1 is 1.52 bits per heavy atom. The number of anilines is 1. The molecule has 7 heteroatoms. The van der Waals surface area contributed by atoms with Crippen LogP contribution < -0.4 is 16.0 Å². The van der Waals surface area contributed by atoms with Crippen molar-refractivity contribution in [2.45, 2.75) is 25.3 Å². The van der Waals surface area contributed by atoms with Gasteiger partial charge in [0, 0.05) is 31.3 Å². The lowest BCUT2D eigenvalue weighted by atomic mass is 10.1. The molecule has 1 atom stereocenters. The minimum Gasteiger partial charge on any atom is -0.379 e. The molecule has 1 aliphatic heterocycles. The first-order chi connectivity index (χ1) is 10.1. The van der Waals surface area contributed by atoms with Crippen molar-refractivity contribution in [2.24, 2.45) is 0 Å². The first-order valence-electron chi connectivity index (χ1n) is 7.09. The van der Waals surface area contributed by atoms with Crippen LogP contribution >= 0.6 is 0 Å². The van der Waals surface area contributed by atoms with E-state index in [1.54, 1.807) is 12.1 Å². The molecule has 3 N–H and O–H groups in total. The Morgan fingerprint density at radius 2 is 2.33 bits per heavy atom. The summed E-state index contributed by atoms with van der Waals surface area (Å²) in [6.07, 6.45) is 3.26. The van der Waals surface area contributed by atoms with E-state index in [9.17, 15) is 14.9 Å². The van der Waals surface area contributed by atoms with Crippen LogP contribution in [0.15, 0.2) is 18.2 Å². The van der Waals surface area contributed by atoms with Crippen molar-refractivity contribution in [1.29, 1.82) is 0 Å². The number of hydrogen-bond donors (Lipinski definition) is 3. The number of hydrogen-bond acceptors (Lipinski definition) is 5. The Balaban J connectivity index is 2.03. The van der Waals surface area contributed by atoms with Crippen molar-refractivity contribution in [3.63, 3.8) is 0 Å². The number of amides is 1. The summed E-state index contributed by atoms with van der Waals surface area (Å²) in [5.41, 5.74) is 0.661. The van der Waals surface area contributed by atoms with Crippen LogP contribution in [0.4, 0.5) is 11.4 Å². The number of rotatable bonds is 6. The lowest BCUT2D eigenvalue weighted by Gasteiger charge is -2.12. The van der Waals surface area contributed by atoms with Gasteiger partial charge in [0.25, 0.3) is 11.6 Å². The van der Waals surface area contributed by atoms with Gasteiger partial charge in [-0.05, 0) is 37.9 Å². The summed E-state index contributed by atoms with van der Waals surface area (Å²) in [7, 11) is 1.49. The second kappa shape index (κ2) is 7.03. The van der Waals surface area contributed by atoms with Crippen LogP contribution in [-0.2, 0) is 0 Å². The number of carbonyl (C=O) groups excluding carboxylic acids is 1. The van der Waals surface area contributed by atoms with Crippen LogP contribution in [0.2, 0.25) is 0 Å². The van der Waals surface area contributed by atoms with Gasteiger partial charge in [0.05, 0.1) is 4.92 Å². The minimum atomic E-state index is -0.470. The van der Waals surface area contributed by atoms with Crippen LogP contribution in [0.1, 0.15) is 29.6 Å². The quantitative estimate of drug-likeness (QED) is 0.545. The predicted octanol–water partition coefficient (Wildman–Crippen LogP) is 1.51. The molecule has 1 heterocycles. The summed E-state index contributed by atoms with van der Waals surface area (Å²) >= 11 is 0. The maximum absolute atomic E-state index is 11.5. The maximum Gasteiger partial charge on any atom is 0.293 e. The van der Waals surface area contributed by atoms with Gasteiger partial charge in [-0.25, -0.2) is 0 Å². The van der Waals surface area contributed by atoms with Crippen molar-refractivity contribution in [3.8, 4) is 0 Å². The number of nitrogens with one attached hydrogen (secondary N) is 3. The molecule has 0 bridgehead atoms. The Hall–Kier alpha value is -2.15. The molecule has 1 aromatic carbocycles. The van der Waals surface area contributed by atoms with Gasteiger partial charge in [0.2, 0.25) is 0 Å². The van der Waals surface area contributed by atoms with Crippen LogP contribution in [0, 0.1) is 10.1 Å². The SMILES string of the molecule is CNC(=O)c1ccc(NCCC2CCCN2)c([N+](=O)[O-])c1. The standard InChI is InChI=1S/C14H20N4O3/c1-15-14(19)10-4-5-12(13(9-10)18(20)21)17-8-6-11-3-2-7-16-11/h4-5,9,11,16-17H,2-3,6-8H2,1H3,(H,15,19). The van der Waals surface area contributed by atoms with Gasteiger partial charge in [0.15, 0.2) is 0 Å². The van der Waals surface area contributed by atoms with Gasteiger partial charge in [-0.2, -0.15) is 0 Å². The average Bonchev–Trinajstić information content (AvgIpc) is 2.99. The largest absolute Gasteiger partial charge is 0.379 e. The van der Waals surface area contributed by atoms with Crippen LogP contribution in [-0.4, -0.2) is 37.0 Å². The van der Waals surface area contributed by atoms with Crippen molar-refractivity contribution in [1.82, 2.24) is 10.6 Å². The molecule has 0 aliphatic carbocycles. The molecule has 1 unspecified atom stereocenters. The zero-order chi connectivity index (χ0) is 15.2. The Bertz CT molecular complexity index is 527. The molecule has 1 saturated heterocycles. The molecule has 0 spiro atoms. The molecule has 1 aliphatic rings. The first-order valence-corrected chi connectivity index (χ1v) is 7.09. The zero-order valence-corrected chi connectivity index (χ0v) is 12.0. The van der Waals surface area contributed by atoms with Gasteiger partial charge >= 0.3 is 0 Å². The number of benzene rings is 1. The van der Waals surface area contributed by atoms with Gasteiger partial charge in [0.1, 0.15) is 5.69 Å². The van der Waals surface area contributed by atoms with Crippen LogP contribution in [0.3, 0.4) is 0 Å². The lowest BCUT2D eigenvalue weighted by molar-refractivity contribution is -0.384. The highest BCUT2D eigenvalue weighted by Gasteiger charge is 2.18. The van der Waals surface area contributed by atoms with Gasteiger partial charge < -0.3 is 16.0 Å². The van der Waals surface area contributed by atoms with Crippen LogP contribution in [0.25, 0.3) is 0 Å². The molecule has 0 radical (unpaired) electrons. The van der Waals surface area contributed by atoms with Crippen LogP contribution in [0.5, 0.6) is 0 Å². The Labute approximate surface area is 123 Å². The first kappa shape index (κ1) is 15.2. The number of nitrogens with zero attached hydrogens (tertiary/aromatic N) is 1. The van der Waals surface area contributed by atoms with E-state index in [0.717, 1.165) is 19.4 Å². The highest BCUT2D eigenvalue weighted by Crippen LogP contribution is 2.25. The van der Waals surface area contributed by atoms with Crippen molar-refractivity contribution >= 4 is 17.3 Å². The second-order valence-electron chi connectivity index (χ2n) is 5.08. The van der Waals surface area contributed by atoms with E-state index in [2.05, 4.69) is 16.0 Å². The fraction of sp³-hybridized carbons (Fsp3) is 0.500. The number of nitro groups is 1. The third kappa shape index (κ3) is 3.91. The third-order valence-corrected chi connectivity index (χ3v) is 3.65. The maximum atomic E-state index is 11.5. The van der Waals surface area contributed by atoms with Crippen molar-refractivity contribution in [3.05, 3.63) is 33.9 Å². The van der Waals surface area contributed by atoms with E-state index >= 15 is 0 Å². The average molecular weight is 292 g/mol. The molecule has 1 aromatic rings. The molecular weight excluding hydrogens is 272 g/mol. The Kier molecular flexibility index (Phi) is 5.10. The molecule has 1 fully saturated rings. The number of nitro benzene ring substituents is 1. The summed E-state index contributed by atoms with van der Waals surface area (Å²) < 4.78 is 0. The van der Waals surface area contributed by atoms with E-state index in [0.29, 0.717) is 18.3 Å². The smallest absolute Gasteiger partial charge is 0.293 e. The van der Waals surface area contributed by atoms with E-state index in [1.165, 1.54) is 19.5 Å². The van der Waals surface area contributed by atoms with E-state index in [1.807, 2.05) is 0 Å². The zero-order valence-electron chi connectivity index (χ0n) is 12.0. The molecule has 21 heavy (non-hydrogen) atoms. The van der Waals surface area contributed by atoms with Gasteiger partial charge in [-0.3, -0.25) is 14.9 Å². The summed E-state index contributed by atoms with van der Waals surface area (Å²) in [6, 6.07) is 4.96. The second-order valence-corrected chi connectivity index (χ2v) is 5.08. The summed E-state index contributed by atoms with van der Waals surface area (Å²) in [4.78, 5) is 22.2. The third-order valence-electron chi connectivity index (χ3n) is 3.65. The van der Waals surface area contributed by atoms with E-state index in [4.69, 9.17) is 0 Å². The molecule has 0 aromatic heterocycles. The summed E-state index contributed by atoms with van der Waals surface area (Å²) in [5.74, 6) is -0.334. The van der Waals surface area contributed by atoms with E-state index < -0.39 is 4.92 Å². The topological polar surface area (TPSA) is 96.3 Å². The number of carbonyl (C=O) groups is 1. The molecule has 7 nitrogen and oxygen atoms in total. The van der Waals surface area contributed by atoms with Gasteiger partial charge in [-0.1, -0.05) is 0 Å². The predicted molar refractivity (Wildman–Crippen MR) is 80.6 cm³/mol. The Morgan fingerprint density at radius 3 is 2.95 bits per heavy atom. The fourth-order valence-corrected chi connectivity index (χ4v) is 2.50. The summed E-state index contributed by atoms with van der Waals surface area (Å²) in [5, 5.41) is 20.1. The minimum absolute atomic E-state index is 0.0736. The highest BCUT2D eigenvalue weighted by molar-refractivity contribution is 5.95. The van der Waals surface area contributed by atoms with Crippen molar-refractivity contribution < 1.29 is 9.72 Å². The summed E-state index contributed by atoms with van der Waals surface area (Å²) in [6.45, 7) is 1.71. The molecule has 114 valence electrons. The monoisotopic (exact) mass is 292 g/mol. The molecular formula is C14H20N4O3.